The number of nitrogens with zero attached hydrogens (tertiary/aromatic N) is 1. The van der Waals surface area contributed by atoms with E-state index in [0.29, 0.717) is 11.8 Å². The summed E-state index contributed by atoms with van der Waals surface area (Å²) in [6, 6.07) is 6.34. The summed E-state index contributed by atoms with van der Waals surface area (Å²) in [7, 11) is 0. The first kappa shape index (κ1) is 14.4. The number of aryl methyl sites for hydroxylation is 1. The van der Waals surface area contributed by atoms with Crippen molar-refractivity contribution >= 4 is 0 Å². The van der Waals surface area contributed by atoms with E-state index in [2.05, 4.69) is 37.8 Å². The van der Waals surface area contributed by atoms with E-state index in [-0.39, 0.29) is 0 Å². The quantitative estimate of drug-likeness (QED) is 0.884. The largest absolute Gasteiger partial charge is 0.508 e. The van der Waals surface area contributed by atoms with Crippen molar-refractivity contribution in [3.63, 3.8) is 0 Å². The highest BCUT2D eigenvalue weighted by Gasteiger charge is 2.26. The standard InChI is InChI=1S/C17H27NO/c1-12(2)15-7-9-18(10-8-15)14(4)16-6-5-13(3)11-17(16)19/h5-6,11-12,14-15,19H,7-10H2,1-4H3. The Hall–Kier alpha value is -1.02. The first-order chi connectivity index (χ1) is 8.99. The lowest BCUT2D eigenvalue weighted by Crippen LogP contribution is -2.37. The SMILES string of the molecule is Cc1ccc(C(C)N2CCC(C(C)C)CC2)c(O)c1. The lowest BCUT2D eigenvalue weighted by Gasteiger charge is -2.37. The first-order valence-electron chi connectivity index (χ1n) is 7.52. The summed E-state index contributed by atoms with van der Waals surface area (Å²) >= 11 is 0. The van der Waals surface area contributed by atoms with Crippen molar-refractivity contribution in [1.29, 1.82) is 0 Å². The number of phenols is 1. The molecule has 2 heteroatoms. The molecule has 106 valence electrons. The zero-order valence-corrected chi connectivity index (χ0v) is 12.7. The van der Waals surface area contributed by atoms with Crippen LogP contribution in [0.5, 0.6) is 5.75 Å². The van der Waals surface area contributed by atoms with E-state index in [4.69, 9.17) is 0 Å². The Morgan fingerprint density at radius 3 is 2.32 bits per heavy atom. The van der Waals surface area contributed by atoms with Crippen LogP contribution >= 0.6 is 0 Å². The predicted octanol–water partition coefficient (Wildman–Crippen LogP) is 4.13. The minimum atomic E-state index is 0.314. The molecule has 0 amide bonds. The highest BCUT2D eigenvalue weighted by atomic mass is 16.3. The lowest BCUT2D eigenvalue weighted by molar-refractivity contribution is 0.121. The van der Waals surface area contributed by atoms with Gasteiger partial charge in [-0.1, -0.05) is 26.0 Å². The third-order valence-electron chi connectivity index (χ3n) is 4.70. The van der Waals surface area contributed by atoms with Crippen LogP contribution in [-0.2, 0) is 0 Å². The number of likely N-dealkylation sites (tertiary alicyclic amines) is 1. The number of rotatable bonds is 3. The van der Waals surface area contributed by atoms with Gasteiger partial charge in [0.15, 0.2) is 0 Å². The Kier molecular flexibility index (Phi) is 4.51. The maximum atomic E-state index is 10.1. The van der Waals surface area contributed by atoms with E-state index in [1.807, 2.05) is 13.0 Å². The number of benzene rings is 1. The summed E-state index contributed by atoms with van der Waals surface area (Å²) in [6.45, 7) is 11.2. The summed E-state index contributed by atoms with van der Waals surface area (Å²) in [5, 5.41) is 10.1. The maximum Gasteiger partial charge on any atom is 0.120 e. The maximum absolute atomic E-state index is 10.1. The summed E-state index contributed by atoms with van der Waals surface area (Å²) < 4.78 is 0. The molecule has 1 saturated heterocycles. The molecule has 0 aromatic heterocycles. The smallest absolute Gasteiger partial charge is 0.120 e. The molecule has 1 aromatic rings. The van der Waals surface area contributed by atoms with Crippen molar-refractivity contribution in [3.05, 3.63) is 29.3 Å². The summed E-state index contributed by atoms with van der Waals surface area (Å²) in [5.74, 6) is 2.11. The zero-order chi connectivity index (χ0) is 14.0. The summed E-state index contributed by atoms with van der Waals surface area (Å²) in [6.07, 6.45) is 2.57. The van der Waals surface area contributed by atoms with Crippen molar-refractivity contribution in [2.75, 3.05) is 13.1 Å². The fourth-order valence-electron chi connectivity index (χ4n) is 3.18. The molecule has 1 N–H and O–H groups in total. The molecular weight excluding hydrogens is 234 g/mol. The molecule has 1 aliphatic rings. The highest BCUT2D eigenvalue weighted by molar-refractivity contribution is 5.37. The van der Waals surface area contributed by atoms with Gasteiger partial charge in [0.1, 0.15) is 5.75 Å². The van der Waals surface area contributed by atoms with E-state index in [0.717, 1.165) is 36.1 Å². The molecule has 2 rings (SSSR count). The van der Waals surface area contributed by atoms with Crippen LogP contribution in [0.1, 0.15) is 50.8 Å². The normalized spacial score (nSPS) is 19.8. The third kappa shape index (κ3) is 3.30. The first-order valence-corrected chi connectivity index (χ1v) is 7.52. The molecule has 0 saturated carbocycles. The number of aromatic hydroxyl groups is 1. The van der Waals surface area contributed by atoms with Crippen LogP contribution in [0.25, 0.3) is 0 Å². The minimum Gasteiger partial charge on any atom is -0.508 e. The molecule has 19 heavy (non-hydrogen) atoms. The number of piperidine rings is 1. The second-order valence-corrected chi connectivity index (χ2v) is 6.36. The van der Waals surface area contributed by atoms with Gasteiger partial charge in [0.05, 0.1) is 0 Å². The molecule has 2 nitrogen and oxygen atoms in total. The number of hydrogen-bond acceptors (Lipinski definition) is 2. The molecular formula is C17H27NO. The van der Waals surface area contributed by atoms with Gasteiger partial charge < -0.3 is 5.11 Å². The van der Waals surface area contributed by atoms with Crippen LogP contribution in [0.3, 0.4) is 0 Å². The number of hydrogen-bond donors (Lipinski definition) is 1. The second-order valence-electron chi connectivity index (χ2n) is 6.36. The Morgan fingerprint density at radius 1 is 1.16 bits per heavy atom. The predicted molar refractivity (Wildman–Crippen MR) is 80.4 cm³/mol. The Morgan fingerprint density at radius 2 is 1.79 bits per heavy atom. The van der Waals surface area contributed by atoms with Crippen LogP contribution in [0.15, 0.2) is 18.2 Å². The molecule has 1 heterocycles. The van der Waals surface area contributed by atoms with Gasteiger partial charge in [0.2, 0.25) is 0 Å². The molecule has 1 aliphatic heterocycles. The summed E-state index contributed by atoms with van der Waals surface area (Å²) in [4.78, 5) is 2.50. The van der Waals surface area contributed by atoms with E-state index in [9.17, 15) is 5.11 Å². The number of phenolic OH excluding ortho intramolecular Hbond substituents is 1. The van der Waals surface area contributed by atoms with Gasteiger partial charge in [-0.3, -0.25) is 4.90 Å². The molecule has 0 bridgehead atoms. The molecule has 0 spiro atoms. The Bertz CT molecular complexity index is 419. The van der Waals surface area contributed by atoms with Crippen LogP contribution in [0.2, 0.25) is 0 Å². The van der Waals surface area contributed by atoms with Gasteiger partial charge in [0.25, 0.3) is 0 Å². The van der Waals surface area contributed by atoms with E-state index in [1.165, 1.54) is 12.8 Å². The van der Waals surface area contributed by atoms with Gasteiger partial charge >= 0.3 is 0 Å². The van der Waals surface area contributed by atoms with Crippen LogP contribution in [-0.4, -0.2) is 23.1 Å². The van der Waals surface area contributed by atoms with Crippen molar-refractivity contribution in [2.45, 2.75) is 46.6 Å². The van der Waals surface area contributed by atoms with Crippen molar-refractivity contribution in [3.8, 4) is 5.75 Å². The van der Waals surface area contributed by atoms with Gasteiger partial charge in [-0.2, -0.15) is 0 Å². The molecule has 0 radical (unpaired) electrons. The van der Waals surface area contributed by atoms with E-state index >= 15 is 0 Å². The fraction of sp³-hybridized carbons (Fsp3) is 0.647. The zero-order valence-electron chi connectivity index (χ0n) is 12.7. The topological polar surface area (TPSA) is 23.5 Å². The average Bonchev–Trinajstić information content (AvgIpc) is 2.38. The van der Waals surface area contributed by atoms with Crippen LogP contribution < -0.4 is 0 Å². The van der Waals surface area contributed by atoms with Gasteiger partial charge in [-0.05, 0) is 63.2 Å². The van der Waals surface area contributed by atoms with E-state index in [1.54, 1.807) is 0 Å². The summed E-state index contributed by atoms with van der Waals surface area (Å²) in [5.41, 5.74) is 2.18. The van der Waals surface area contributed by atoms with Crippen molar-refractivity contribution in [2.24, 2.45) is 11.8 Å². The van der Waals surface area contributed by atoms with Gasteiger partial charge in [-0.25, -0.2) is 0 Å². The highest BCUT2D eigenvalue weighted by Crippen LogP contribution is 2.33. The van der Waals surface area contributed by atoms with Crippen LogP contribution in [0, 0.1) is 18.8 Å². The van der Waals surface area contributed by atoms with Crippen molar-refractivity contribution < 1.29 is 5.11 Å². The van der Waals surface area contributed by atoms with E-state index < -0.39 is 0 Å². The molecule has 0 aliphatic carbocycles. The van der Waals surface area contributed by atoms with Crippen molar-refractivity contribution in [1.82, 2.24) is 4.90 Å². The van der Waals surface area contributed by atoms with Gasteiger partial charge in [0, 0.05) is 11.6 Å². The Labute approximate surface area is 117 Å². The van der Waals surface area contributed by atoms with Gasteiger partial charge in [-0.15, -0.1) is 0 Å². The monoisotopic (exact) mass is 261 g/mol. The molecule has 1 unspecified atom stereocenters. The average molecular weight is 261 g/mol. The second kappa shape index (κ2) is 5.96. The fourth-order valence-corrected chi connectivity index (χ4v) is 3.18. The lowest BCUT2D eigenvalue weighted by atomic mass is 9.86. The van der Waals surface area contributed by atoms with Crippen LogP contribution in [0.4, 0.5) is 0 Å². The molecule has 1 atom stereocenters. The molecule has 1 aromatic carbocycles. The third-order valence-corrected chi connectivity index (χ3v) is 4.70. The minimum absolute atomic E-state index is 0.314. The Balaban J connectivity index is 2.03. The molecule has 1 fully saturated rings.